The van der Waals surface area contributed by atoms with Crippen LogP contribution in [0.25, 0.3) is 0 Å². The van der Waals surface area contributed by atoms with Gasteiger partial charge in [-0.2, -0.15) is 0 Å². The molecule has 1 atom stereocenters. The molecule has 1 aliphatic rings. The van der Waals surface area contributed by atoms with Crippen molar-refractivity contribution in [1.29, 1.82) is 0 Å². The van der Waals surface area contributed by atoms with E-state index in [0.717, 1.165) is 4.90 Å². The van der Waals surface area contributed by atoms with Gasteiger partial charge in [0.05, 0.1) is 12.7 Å². The van der Waals surface area contributed by atoms with Crippen molar-refractivity contribution in [2.45, 2.75) is 18.9 Å². The maximum atomic E-state index is 13.0. The highest BCUT2D eigenvalue weighted by Gasteiger charge is 2.51. The lowest BCUT2D eigenvalue weighted by atomic mass is 9.87. The minimum atomic E-state index is -1.18. The van der Waals surface area contributed by atoms with E-state index < -0.39 is 35.9 Å². The van der Waals surface area contributed by atoms with Gasteiger partial charge >= 0.3 is 12.0 Å². The van der Waals surface area contributed by atoms with Crippen molar-refractivity contribution in [2.75, 3.05) is 19.0 Å². The van der Waals surface area contributed by atoms with Gasteiger partial charge in [0.2, 0.25) is 5.91 Å². The van der Waals surface area contributed by atoms with Crippen LogP contribution in [-0.2, 0) is 19.9 Å². The largest absolute Gasteiger partial charge is 0.465 e. The van der Waals surface area contributed by atoms with Crippen LogP contribution in [0.2, 0.25) is 0 Å². The predicted octanol–water partition coefficient (Wildman–Crippen LogP) is 2.27. The second-order valence-electron chi connectivity index (χ2n) is 6.56. The summed E-state index contributed by atoms with van der Waals surface area (Å²) < 4.78 is 4.62. The molecule has 0 unspecified atom stereocenters. The number of anilines is 1. The third-order valence-electron chi connectivity index (χ3n) is 4.86. The summed E-state index contributed by atoms with van der Waals surface area (Å²) in [5.74, 6) is -1.48. The third-order valence-corrected chi connectivity index (χ3v) is 4.86. The highest BCUT2D eigenvalue weighted by Crippen LogP contribution is 2.32. The Morgan fingerprint density at radius 2 is 1.72 bits per heavy atom. The summed E-state index contributed by atoms with van der Waals surface area (Å²) in [4.78, 5) is 50.2. The Hall–Kier alpha value is -3.68. The number of esters is 1. The molecule has 0 bridgehead atoms. The molecule has 2 aromatic rings. The number of methoxy groups -OCH3 is 1. The fourth-order valence-electron chi connectivity index (χ4n) is 3.28. The number of nitrogens with zero attached hydrogens (tertiary/aromatic N) is 1. The molecule has 2 N–H and O–H groups in total. The topological polar surface area (TPSA) is 105 Å². The van der Waals surface area contributed by atoms with Gasteiger partial charge in [-0.3, -0.25) is 14.5 Å². The first-order valence-corrected chi connectivity index (χ1v) is 9.09. The zero-order chi connectivity index (χ0) is 21.0. The summed E-state index contributed by atoms with van der Waals surface area (Å²) in [7, 11) is 1.28. The van der Waals surface area contributed by atoms with Crippen molar-refractivity contribution in [3.8, 4) is 0 Å². The number of ether oxygens (including phenoxy) is 1. The van der Waals surface area contributed by atoms with E-state index in [-0.39, 0.29) is 0 Å². The third kappa shape index (κ3) is 3.82. The average Bonchev–Trinajstić information content (AvgIpc) is 2.99. The second-order valence-corrected chi connectivity index (χ2v) is 6.56. The Bertz CT molecular complexity index is 943. The summed E-state index contributed by atoms with van der Waals surface area (Å²) in [6.07, 6.45) is 0.356. The summed E-state index contributed by atoms with van der Waals surface area (Å²) in [5.41, 5.74) is 0.262. The first kappa shape index (κ1) is 20.1. The normalized spacial score (nSPS) is 18.3. The summed E-state index contributed by atoms with van der Waals surface area (Å²) >= 11 is 0. The number of amides is 4. The molecule has 8 heteroatoms. The van der Waals surface area contributed by atoms with Crippen LogP contribution in [0, 0.1) is 0 Å². The van der Waals surface area contributed by atoms with Crippen molar-refractivity contribution in [3.05, 3.63) is 65.7 Å². The van der Waals surface area contributed by atoms with Crippen LogP contribution in [0.15, 0.2) is 54.6 Å². The highest BCUT2D eigenvalue weighted by atomic mass is 16.5. The van der Waals surface area contributed by atoms with E-state index in [1.807, 2.05) is 6.07 Å². The van der Waals surface area contributed by atoms with Crippen molar-refractivity contribution >= 4 is 29.5 Å². The Kier molecular flexibility index (Phi) is 5.63. The Morgan fingerprint density at radius 1 is 1.07 bits per heavy atom. The molecule has 29 heavy (non-hydrogen) atoms. The molecule has 0 aromatic heterocycles. The van der Waals surface area contributed by atoms with Gasteiger partial charge in [0.15, 0.2) is 0 Å². The van der Waals surface area contributed by atoms with Crippen molar-refractivity contribution in [1.82, 2.24) is 10.2 Å². The van der Waals surface area contributed by atoms with E-state index in [1.165, 1.54) is 31.4 Å². The summed E-state index contributed by atoms with van der Waals surface area (Å²) in [6, 6.07) is 14.4. The van der Waals surface area contributed by atoms with E-state index in [2.05, 4.69) is 15.4 Å². The molecule has 8 nitrogen and oxygen atoms in total. The SMILES string of the molecule is CC[C@@]1(c2ccccc2)NC(=O)N(CC(=O)Nc2ccc(C(=O)OC)cc2)C1=O. The number of urea groups is 1. The number of hydrogen-bond acceptors (Lipinski definition) is 5. The quantitative estimate of drug-likeness (QED) is 0.577. The summed E-state index contributed by atoms with van der Waals surface area (Å²) in [5, 5.41) is 5.35. The smallest absolute Gasteiger partial charge is 0.337 e. The van der Waals surface area contributed by atoms with Gasteiger partial charge in [0.1, 0.15) is 12.1 Å². The van der Waals surface area contributed by atoms with Gasteiger partial charge < -0.3 is 15.4 Å². The number of nitrogens with one attached hydrogen (secondary N) is 2. The van der Waals surface area contributed by atoms with Gasteiger partial charge in [-0.15, -0.1) is 0 Å². The highest BCUT2D eigenvalue weighted by molar-refractivity contribution is 6.10. The van der Waals surface area contributed by atoms with Gasteiger partial charge in [-0.1, -0.05) is 37.3 Å². The molecule has 0 radical (unpaired) electrons. The van der Waals surface area contributed by atoms with E-state index in [4.69, 9.17) is 0 Å². The lowest BCUT2D eigenvalue weighted by Crippen LogP contribution is -2.44. The standard InChI is InChI=1S/C21H21N3O5/c1-3-21(15-7-5-4-6-8-15)19(27)24(20(28)23-21)13-17(25)22-16-11-9-14(10-12-16)18(26)29-2/h4-12H,3,13H2,1-2H3,(H,22,25)(H,23,28)/t21-/m0/s1. The van der Waals surface area contributed by atoms with Crippen LogP contribution >= 0.6 is 0 Å². The fourth-order valence-corrected chi connectivity index (χ4v) is 3.28. The van der Waals surface area contributed by atoms with E-state index >= 15 is 0 Å². The second kappa shape index (κ2) is 8.14. The minimum absolute atomic E-state index is 0.343. The molecule has 0 aliphatic carbocycles. The van der Waals surface area contributed by atoms with E-state index in [1.54, 1.807) is 31.2 Å². The number of rotatable bonds is 6. The number of imide groups is 1. The number of benzene rings is 2. The predicted molar refractivity (Wildman–Crippen MR) is 105 cm³/mol. The molecule has 1 saturated heterocycles. The lowest BCUT2D eigenvalue weighted by Gasteiger charge is -2.25. The molecule has 0 saturated carbocycles. The zero-order valence-corrected chi connectivity index (χ0v) is 16.1. The van der Waals surface area contributed by atoms with Crippen LogP contribution < -0.4 is 10.6 Å². The monoisotopic (exact) mass is 395 g/mol. The van der Waals surface area contributed by atoms with Crippen LogP contribution in [0.1, 0.15) is 29.3 Å². The van der Waals surface area contributed by atoms with Crippen LogP contribution in [0.4, 0.5) is 10.5 Å². The molecular weight excluding hydrogens is 374 g/mol. The van der Waals surface area contributed by atoms with Crippen LogP contribution in [-0.4, -0.2) is 42.4 Å². The molecule has 0 spiro atoms. The molecule has 1 heterocycles. The van der Waals surface area contributed by atoms with E-state index in [9.17, 15) is 19.2 Å². The molecule has 150 valence electrons. The first-order valence-electron chi connectivity index (χ1n) is 9.09. The van der Waals surface area contributed by atoms with E-state index in [0.29, 0.717) is 23.2 Å². The molecule has 3 rings (SSSR count). The van der Waals surface area contributed by atoms with Gasteiger partial charge in [0, 0.05) is 5.69 Å². The van der Waals surface area contributed by atoms with Gasteiger partial charge in [-0.25, -0.2) is 9.59 Å². The number of carbonyl (C=O) groups is 4. The fraction of sp³-hybridized carbons (Fsp3) is 0.238. The molecule has 4 amide bonds. The molecule has 1 aliphatic heterocycles. The van der Waals surface area contributed by atoms with Crippen molar-refractivity contribution in [3.63, 3.8) is 0 Å². The molecular formula is C21H21N3O5. The van der Waals surface area contributed by atoms with Crippen molar-refractivity contribution in [2.24, 2.45) is 0 Å². The number of hydrogen-bond donors (Lipinski definition) is 2. The Morgan fingerprint density at radius 3 is 2.31 bits per heavy atom. The Balaban J connectivity index is 1.71. The summed E-state index contributed by atoms with van der Waals surface area (Å²) in [6.45, 7) is 1.38. The van der Waals surface area contributed by atoms with Gasteiger partial charge in [0.25, 0.3) is 5.91 Å². The van der Waals surface area contributed by atoms with Crippen LogP contribution in [0.5, 0.6) is 0 Å². The molecule has 2 aromatic carbocycles. The average molecular weight is 395 g/mol. The number of carbonyl (C=O) groups excluding carboxylic acids is 4. The first-order chi connectivity index (χ1) is 13.9. The maximum absolute atomic E-state index is 13.0. The maximum Gasteiger partial charge on any atom is 0.337 e. The van der Waals surface area contributed by atoms with Gasteiger partial charge in [-0.05, 0) is 36.2 Å². The Labute approximate surface area is 167 Å². The van der Waals surface area contributed by atoms with Crippen molar-refractivity contribution < 1.29 is 23.9 Å². The minimum Gasteiger partial charge on any atom is -0.465 e. The molecule has 1 fully saturated rings. The zero-order valence-electron chi connectivity index (χ0n) is 16.1. The lowest BCUT2D eigenvalue weighted by molar-refractivity contribution is -0.134. The van der Waals surface area contributed by atoms with Crippen LogP contribution in [0.3, 0.4) is 0 Å².